The predicted molar refractivity (Wildman–Crippen MR) is 158 cm³/mol. The number of methoxy groups -OCH3 is 1. The van der Waals surface area contributed by atoms with Crippen molar-refractivity contribution in [2.75, 3.05) is 32.1 Å². The number of phenolic OH excluding ortho intramolecular Hbond substituents is 1. The van der Waals surface area contributed by atoms with Gasteiger partial charge in [-0.2, -0.15) is 0 Å². The number of aliphatic hydroxyl groups excluding tert-OH is 1. The van der Waals surface area contributed by atoms with Crippen LogP contribution in [0.15, 0.2) is 60.7 Å². The number of fused-ring (bicyclic) bond motifs is 1. The molecule has 2 heterocycles. The highest BCUT2D eigenvalue weighted by Crippen LogP contribution is 2.41. The van der Waals surface area contributed by atoms with Gasteiger partial charge in [0.15, 0.2) is 0 Å². The average Bonchev–Trinajstić information content (AvgIpc) is 3.57. The molecule has 0 aliphatic carbocycles. The maximum absolute atomic E-state index is 12.2. The Bertz CT molecular complexity index is 1440. The number of nitrogens with zero attached hydrogens (tertiary/aromatic N) is 1. The smallest absolute Gasteiger partial charge is 0.226 e. The highest BCUT2D eigenvalue weighted by atomic mass is 32.1. The fraction of sp³-hybridized carbons (Fsp3) is 0.323. The Morgan fingerprint density at radius 3 is 2.59 bits per heavy atom. The van der Waals surface area contributed by atoms with Crippen molar-refractivity contribution in [3.05, 3.63) is 77.4 Å². The number of hydrogen-bond acceptors (Lipinski definition) is 7. The Morgan fingerprint density at radius 2 is 1.87 bits per heavy atom. The first-order valence-corrected chi connectivity index (χ1v) is 14.1. The topological polar surface area (TPSA) is 108 Å². The van der Waals surface area contributed by atoms with Gasteiger partial charge in [-0.05, 0) is 90.8 Å². The quantitative estimate of drug-likeness (QED) is 0.220. The molecule has 1 aliphatic heterocycles. The summed E-state index contributed by atoms with van der Waals surface area (Å²) in [7, 11) is 1.73. The van der Waals surface area contributed by atoms with E-state index in [0.717, 1.165) is 57.9 Å². The molecule has 1 unspecified atom stereocenters. The van der Waals surface area contributed by atoms with E-state index >= 15 is 0 Å². The second-order valence-corrected chi connectivity index (χ2v) is 11.2. The van der Waals surface area contributed by atoms with E-state index in [0.29, 0.717) is 5.69 Å². The molecule has 1 aromatic heterocycles. The lowest BCUT2D eigenvalue weighted by molar-refractivity contribution is -0.116. The number of amides is 1. The zero-order valence-corrected chi connectivity index (χ0v) is 23.0. The van der Waals surface area contributed by atoms with Crippen molar-refractivity contribution in [1.29, 1.82) is 0 Å². The van der Waals surface area contributed by atoms with Crippen molar-refractivity contribution in [2.24, 2.45) is 5.73 Å². The number of carbonyl (C=O) groups is 1. The van der Waals surface area contributed by atoms with Gasteiger partial charge in [-0.3, -0.25) is 9.69 Å². The van der Waals surface area contributed by atoms with Crippen LogP contribution in [0.4, 0.5) is 5.69 Å². The number of thiophene rings is 1. The molecule has 1 aliphatic rings. The summed E-state index contributed by atoms with van der Waals surface area (Å²) in [6, 6.07) is 19.2. The minimum atomic E-state index is -0.574. The van der Waals surface area contributed by atoms with Gasteiger partial charge in [0, 0.05) is 39.8 Å². The molecule has 1 amide bonds. The third-order valence-electron chi connectivity index (χ3n) is 7.21. The summed E-state index contributed by atoms with van der Waals surface area (Å²) < 4.78 is 6.82. The molecule has 0 bridgehead atoms. The minimum Gasteiger partial charge on any atom is -0.508 e. The van der Waals surface area contributed by atoms with Crippen LogP contribution < -0.4 is 15.8 Å². The molecule has 1 saturated heterocycles. The Kier molecular flexibility index (Phi) is 8.47. The van der Waals surface area contributed by atoms with Crippen LogP contribution in [0.3, 0.4) is 0 Å². The molecule has 5 N–H and O–H groups in total. The van der Waals surface area contributed by atoms with Crippen LogP contribution in [-0.4, -0.2) is 53.9 Å². The van der Waals surface area contributed by atoms with Gasteiger partial charge >= 0.3 is 0 Å². The van der Waals surface area contributed by atoms with Crippen molar-refractivity contribution >= 4 is 33.0 Å². The minimum absolute atomic E-state index is 0.0580. The third kappa shape index (κ3) is 6.42. The number of carbonyl (C=O) groups excluding carboxylic acids is 1. The summed E-state index contributed by atoms with van der Waals surface area (Å²) in [6.45, 7) is 2.95. The lowest BCUT2D eigenvalue weighted by Crippen LogP contribution is -2.30. The summed E-state index contributed by atoms with van der Waals surface area (Å²) in [5, 5.41) is 23.2. The van der Waals surface area contributed by atoms with E-state index in [1.54, 1.807) is 24.5 Å². The number of benzene rings is 3. The Balaban J connectivity index is 1.43. The zero-order chi connectivity index (χ0) is 27.4. The largest absolute Gasteiger partial charge is 0.508 e. The molecule has 1 fully saturated rings. The number of rotatable bonds is 10. The zero-order valence-electron chi connectivity index (χ0n) is 22.2. The van der Waals surface area contributed by atoms with Gasteiger partial charge in [0.25, 0.3) is 0 Å². The first kappa shape index (κ1) is 27.1. The highest BCUT2D eigenvalue weighted by molar-refractivity contribution is 7.22. The lowest BCUT2D eigenvalue weighted by Gasteiger charge is -2.18. The summed E-state index contributed by atoms with van der Waals surface area (Å²) in [6.07, 6.45) is 3.30. The normalized spacial score (nSPS) is 14.5. The van der Waals surface area contributed by atoms with E-state index in [2.05, 4.69) is 28.4 Å². The standard InChI is InChI=1S/C31H35N3O4S/c1-38-28-15-20(4-5-22(28)18-34-12-2-3-13-34)14-27-26-11-10-25(36)17-29(26)39-31(27)21-6-8-24(9-7-21)33-30(37)16-23(32)19-35/h4-11,15,17,23,35-36H,2-3,12-14,16,18-19,32H2,1H3,(H,33,37). The number of ether oxygens (including phenoxy) is 1. The van der Waals surface area contributed by atoms with Crippen LogP contribution in [0.25, 0.3) is 20.5 Å². The number of aromatic hydroxyl groups is 1. The number of likely N-dealkylation sites (tertiary alicyclic amines) is 1. The molecule has 39 heavy (non-hydrogen) atoms. The maximum atomic E-state index is 12.2. The van der Waals surface area contributed by atoms with Crippen LogP contribution in [0, 0.1) is 0 Å². The molecule has 4 aromatic rings. The molecule has 3 aromatic carbocycles. The summed E-state index contributed by atoms with van der Waals surface area (Å²) >= 11 is 1.65. The Morgan fingerprint density at radius 1 is 1.10 bits per heavy atom. The molecular formula is C31H35N3O4S. The first-order valence-electron chi connectivity index (χ1n) is 13.3. The molecule has 7 nitrogen and oxygen atoms in total. The number of nitrogens with two attached hydrogens (primary N) is 1. The third-order valence-corrected chi connectivity index (χ3v) is 8.46. The van der Waals surface area contributed by atoms with E-state index in [1.807, 2.05) is 36.4 Å². The van der Waals surface area contributed by atoms with E-state index in [1.165, 1.54) is 24.0 Å². The molecule has 0 saturated carbocycles. The number of phenols is 1. The molecule has 204 valence electrons. The van der Waals surface area contributed by atoms with Gasteiger partial charge < -0.3 is 26.0 Å². The van der Waals surface area contributed by atoms with Crippen LogP contribution in [0.1, 0.15) is 36.0 Å². The van der Waals surface area contributed by atoms with E-state index in [9.17, 15) is 9.90 Å². The second kappa shape index (κ2) is 12.2. The van der Waals surface area contributed by atoms with Crippen LogP contribution in [0.5, 0.6) is 11.5 Å². The van der Waals surface area contributed by atoms with Crippen molar-refractivity contribution in [3.8, 4) is 21.9 Å². The number of hydrogen-bond donors (Lipinski definition) is 4. The molecule has 0 spiro atoms. The lowest BCUT2D eigenvalue weighted by atomic mass is 9.97. The van der Waals surface area contributed by atoms with Gasteiger partial charge in [-0.15, -0.1) is 11.3 Å². The SMILES string of the molecule is COc1cc(Cc2c(-c3ccc(NC(=O)CC(N)CO)cc3)sc3cc(O)ccc23)ccc1CN1CCCC1. The van der Waals surface area contributed by atoms with Crippen molar-refractivity contribution < 1.29 is 19.7 Å². The van der Waals surface area contributed by atoms with Crippen LogP contribution in [0.2, 0.25) is 0 Å². The van der Waals surface area contributed by atoms with Crippen LogP contribution >= 0.6 is 11.3 Å². The van der Waals surface area contributed by atoms with E-state index in [4.69, 9.17) is 15.6 Å². The van der Waals surface area contributed by atoms with E-state index in [-0.39, 0.29) is 24.7 Å². The molecule has 5 rings (SSSR count). The molecule has 8 heteroatoms. The molecule has 1 atom stereocenters. The van der Waals surface area contributed by atoms with Crippen molar-refractivity contribution in [2.45, 2.75) is 38.3 Å². The summed E-state index contributed by atoms with van der Waals surface area (Å²) in [5.74, 6) is 0.928. The van der Waals surface area contributed by atoms with Gasteiger partial charge in [0.2, 0.25) is 5.91 Å². The molecular weight excluding hydrogens is 510 g/mol. The molecule has 0 radical (unpaired) electrons. The summed E-state index contributed by atoms with van der Waals surface area (Å²) in [4.78, 5) is 15.8. The van der Waals surface area contributed by atoms with Gasteiger partial charge in [-0.1, -0.05) is 24.3 Å². The van der Waals surface area contributed by atoms with Gasteiger partial charge in [0.05, 0.1) is 13.7 Å². The Hall–Kier alpha value is -3.43. The van der Waals surface area contributed by atoms with Crippen molar-refractivity contribution in [1.82, 2.24) is 4.90 Å². The van der Waals surface area contributed by atoms with Crippen molar-refractivity contribution in [3.63, 3.8) is 0 Å². The fourth-order valence-corrected chi connectivity index (χ4v) is 6.44. The maximum Gasteiger partial charge on any atom is 0.226 e. The Labute approximate surface area is 232 Å². The fourth-order valence-electron chi connectivity index (χ4n) is 5.18. The predicted octanol–water partition coefficient (Wildman–Crippen LogP) is 5.12. The first-order chi connectivity index (χ1) is 18.9. The summed E-state index contributed by atoms with van der Waals surface area (Å²) in [5.41, 5.74) is 11.0. The second-order valence-electron chi connectivity index (χ2n) is 10.2. The highest BCUT2D eigenvalue weighted by Gasteiger charge is 2.18. The van der Waals surface area contributed by atoms with Crippen LogP contribution in [-0.2, 0) is 17.8 Å². The number of nitrogens with one attached hydrogen (secondary N) is 1. The van der Waals surface area contributed by atoms with Gasteiger partial charge in [0.1, 0.15) is 11.5 Å². The monoisotopic (exact) mass is 545 g/mol. The number of anilines is 1. The average molecular weight is 546 g/mol. The number of aliphatic hydroxyl groups is 1. The van der Waals surface area contributed by atoms with Gasteiger partial charge in [-0.25, -0.2) is 0 Å². The van der Waals surface area contributed by atoms with E-state index < -0.39 is 6.04 Å².